The van der Waals surface area contributed by atoms with E-state index in [2.05, 4.69) is 42.5 Å². The fourth-order valence-electron chi connectivity index (χ4n) is 5.24. The second-order valence-electron chi connectivity index (χ2n) is 13.6. The molecule has 0 aromatic rings. The summed E-state index contributed by atoms with van der Waals surface area (Å²) in [5, 5.41) is 38.0. The minimum absolute atomic E-state index is 0.0604. The van der Waals surface area contributed by atoms with E-state index in [9.17, 15) is 67.7 Å². The first-order chi connectivity index (χ1) is 28.5. The van der Waals surface area contributed by atoms with Gasteiger partial charge in [-0.15, -0.1) is 0 Å². The van der Waals surface area contributed by atoms with Gasteiger partial charge in [0.25, 0.3) is 0 Å². The van der Waals surface area contributed by atoms with E-state index in [1.807, 2.05) is 0 Å². The van der Waals surface area contributed by atoms with Crippen molar-refractivity contribution in [2.45, 2.75) is 107 Å². The molecule has 0 saturated carbocycles. The third-order valence-corrected chi connectivity index (χ3v) is 10.8. The smallest absolute Gasteiger partial charge is 0.305 e. The fourth-order valence-corrected chi connectivity index (χ4v) is 7.58. The van der Waals surface area contributed by atoms with Gasteiger partial charge in [-0.25, -0.2) is 0 Å². The predicted molar refractivity (Wildman–Crippen MR) is 215 cm³/mol. The molecule has 1 rings (SSSR count). The summed E-state index contributed by atoms with van der Waals surface area (Å²) < 4.78 is 0. The van der Waals surface area contributed by atoms with Gasteiger partial charge in [-0.05, 0) is 39.2 Å². The topological polar surface area (TPSA) is 446 Å². The van der Waals surface area contributed by atoms with Gasteiger partial charge in [0.05, 0.1) is 25.5 Å². The Kier molecular flexibility index (Phi) is 23.7. The molecule has 1 unspecified atom stereocenters. The first-order valence-corrected chi connectivity index (χ1v) is 21.1. The number of nitrogens with two attached hydrogens (primary N) is 4. The Morgan fingerprint density at radius 1 is 0.705 bits per heavy atom. The Labute approximate surface area is 356 Å². The summed E-state index contributed by atoms with van der Waals surface area (Å²) in [6.45, 7) is 1.44. The highest BCUT2D eigenvalue weighted by Gasteiger charge is 2.35. The van der Waals surface area contributed by atoms with Crippen molar-refractivity contribution >= 4 is 92.5 Å². The summed E-state index contributed by atoms with van der Waals surface area (Å²) in [6, 6.07) is -11.4. The maximum atomic E-state index is 13.5. The summed E-state index contributed by atoms with van der Waals surface area (Å²) in [5.74, 6) is -13.5. The van der Waals surface area contributed by atoms with Gasteiger partial charge in [-0.3, -0.25) is 57.5 Å². The van der Waals surface area contributed by atoms with E-state index in [0.717, 1.165) is 35.4 Å². The minimum atomic E-state index is -1.89. The average molecular weight is 907 g/mol. The number of nitrogens with one attached hydrogen (secondary N) is 8. The van der Waals surface area contributed by atoms with Crippen molar-refractivity contribution in [3.63, 3.8) is 0 Å². The Morgan fingerprint density at radius 2 is 1.26 bits per heavy atom. The lowest BCUT2D eigenvalue weighted by Gasteiger charge is -2.27. The van der Waals surface area contributed by atoms with E-state index in [1.165, 1.54) is 0 Å². The van der Waals surface area contributed by atoms with Crippen LogP contribution >= 0.6 is 21.6 Å². The number of carboxylic acids is 1. The molecule has 28 heteroatoms. The molecule has 1 heterocycles. The Bertz CT molecular complexity index is 1650. The Hall–Kier alpha value is -5.74. The SMILES string of the molecule is CC(=O)N[C@H]1CSSC[C@@H](C(N)=O)NC(=O)C(CC(N)=O)NC(=O)[C@H]([C@@H](C)O)NC(=O)[C@H](CCC(N)=O)NC(=O)CNC(=O)[C@H](CC(=O)O)NC(=O)[C@H](CCCCN)NC1=O. The molecule has 0 aliphatic carbocycles. The van der Waals surface area contributed by atoms with E-state index < -0.39 is 152 Å². The molecule has 11 amide bonds. The molecule has 26 nitrogen and oxygen atoms in total. The van der Waals surface area contributed by atoms with Gasteiger partial charge < -0.3 is 75.7 Å². The van der Waals surface area contributed by atoms with Crippen LogP contribution in [0, 0.1) is 0 Å². The summed E-state index contributed by atoms with van der Waals surface area (Å²) in [7, 11) is 1.82. The van der Waals surface area contributed by atoms with Crippen LogP contribution < -0.4 is 65.5 Å². The van der Waals surface area contributed by atoms with Crippen molar-refractivity contribution in [2.75, 3.05) is 24.6 Å². The van der Waals surface area contributed by atoms with Gasteiger partial charge in [-0.2, -0.15) is 0 Å². The number of aliphatic hydroxyl groups excluding tert-OH is 1. The van der Waals surface area contributed by atoms with Gasteiger partial charge in [0.15, 0.2) is 0 Å². The largest absolute Gasteiger partial charge is 0.481 e. The monoisotopic (exact) mass is 906 g/mol. The predicted octanol–water partition coefficient (Wildman–Crippen LogP) is -7.48. The van der Waals surface area contributed by atoms with Crippen molar-refractivity contribution < 1.29 is 67.7 Å². The first-order valence-electron chi connectivity index (χ1n) is 18.6. The number of primary amides is 3. The van der Waals surface area contributed by atoms with Gasteiger partial charge in [0, 0.05) is 24.9 Å². The summed E-state index contributed by atoms with van der Waals surface area (Å²) >= 11 is 0. The molecule has 342 valence electrons. The lowest BCUT2D eigenvalue weighted by atomic mass is 10.1. The molecular formula is C33H54N12O14S2. The number of carboxylic acid groups (broad SMARTS) is 1. The second-order valence-corrected chi connectivity index (χ2v) is 16.1. The fraction of sp³-hybridized carbons (Fsp3) is 0.636. The number of hydrogen-bond donors (Lipinski definition) is 14. The molecule has 0 radical (unpaired) electrons. The molecule has 0 bridgehead atoms. The van der Waals surface area contributed by atoms with Crippen LogP contribution in [-0.2, 0) is 57.5 Å². The zero-order valence-electron chi connectivity index (χ0n) is 33.3. The maximum absolute atomic E-state index is 13.5. The molecule has 1 fully saturated rings. The Balaban J connectivity index is 3.71. The van der Waals surface area contributed by atoms with Crippen molar-refractivity contribution in [1.29, 1.82) is 0 Å². The number of unbranched alkanes of at least 4 members (excludes halogenated alkanes) is 1. The maximum Gasteiger partial charge on any atom is 0.305 e. The second kappa shape index (κ2) is 27.2. The highest BCUT2D eigenvalue weighted by molar-refractivity contribution is 8.76. The molecule has 0 aromatic heterocycles. The molecule has 18 N–H and O–H groups in total. The van der Waals surface area contributed by atoms with Crippen LogP contribution in [0.1, 0.15) is 58.8 Å². The zero-order valence-corrected chi connectivity index (χ0v) is 34.9. The summed E-state index contributed by atoms with van der Waals surface area (Å²) in [5.41, 5.74) is 21.6. The van der Waals surface area contributed by atoms with Gasteiger partial charge in [-0.1, -0.05) is 21.6 Å². The lowest BCUT2D eigenvalue weighted by molar-refractivity contribution is -0.141. The number of hydrogen-bond acceptors (Lipinski definition) is 16. The normalized spacial score (nSPS) is 25.1. The summed E-state index contributed by atoms with van der Waals surface area (Å²) in [4.78, 5) is 153. The van der Waals surface area contributed by atoms with Crippen molar-refractivity contribution in [3.8, 4) is 0 Å². The number of carbonyl (C=O) groups is 12. The number of rotatable bonds is 14. The third kappa shape index (κ3) is 20.9. The number of carbonyl (C=O) groups excluding carboxylic acids is 11. The van der Waals surface area contributed by atoms with Crippen LogP contribution in [0.5, 0.6) is 0 Å². The van der Waals surface area contributed by atoms with Crippen LogP contribution in [0.25, 0.3) is 0 Å². The van der Waals surface area contributed by atoms with E-state index in [4.69, 9.17) is 22.9 Å². The van der Waals surface area contributed by atoms with Gasteiger partial charge >= 0.3 is 5.97 Å². The highest BCUT2D eigenvalue weighted by atomic mass is 33.1. The third-order valence-electron chi connectivity index (χ3n) is 8.35. The number of aliphatic hydroxyl groups is 1. The minimum Gasteiger partial charge on any atom is -0.481 e. The first kappa shape index (κ1) is 53.3. The van der Waals surface area contributed by atoms with Gasteiger partial charge in [0.1, 0.15) is 42.3 Å². The average Bonchev–Trinajstić information content (AvgIpc) is 3.15. The van der Waals surface area contributed by atoms with E-state index >= 15 is 0 Å². The zero-order chi connectivity index (χ0) is 46.4. The van der Waals surface area contributed by atoms with Crippen LogP contribution in [-0.4, -0.2) is 154 Å². The number of aliphatic carboxylic acids is 1. The standard InChI is InChI=1S/C33H54N12O14S2/c1-14(46)26-33(59)43-18(9-23(36)49)31(57)44-20(27(37)53)12-60-61-13-21(39-15(2)47)32(58)41-16(5-3-4-8-34)29(55)42-19(10-25(51)52)28(54)38-11-24(50)40-17(30(56)45-26)6-7-22(35)48/h14,16-21,26,46H,3-13,34H2,1-2H3,(H2,35,48)(H2,36,49)(H2,37,53)(H,38,54)(H,39,47)(H,40,50)(H,41,58)(H,42,55)(H,43,59)(H,44,57)(H,45,56)(H,51,52)/t14-,16+,17+,18?,19+,20+,21+,26+/m1/s1. The number of amides is 11. The molecule has 8 atom stereocenters. The molecular weight excluding hydrogens is 853 g/mol. The molecule has 1 aliphatic heterocycles. The molecule has 1 saturated heterocycles. The van der Waals surface area contributed by atoms with Crippen LogP contribution in [0.3, 0.4) is 0 Å². The quantitative estimate of drug-likeness (QED) is 0.0569. The highest BCUT2D eigenvalue weighted by Crippen LogP contribution is 2.23. The van der Waals surface area contributed by atoms with E-state index in [-0.39, 0.29) is 30.9 Å². The van der Waals surface area contributed by atoms with Crippen molar-refractivity contribution in [2.24, 2.45) is 22.9 Å². The molecule has 1 aliphatic rings. The van der Waals surface area contributed by atoms with E-state index in [1.54, 1.807) is 0 Å². The molecule has 61 heavy (non-hydrogen) atoms. The lowest BCUT2D eigenvalue weighted by Crippen LogP contribution is -2.61. The van der Waals surface area contributed by atoms with Gasteiger partial charge in [0.2, 0.25) is 65.0 Å². The van der Waals surface area contributed by atoms with Crippen LogP contribution in [0.15, 0.2) is 0 Å². The Morgan fingerprint density at radius 3 is 1.82 bits per heavy atom. The molecule has 0 aromatic carbocycles. The summed E-state index contributed by atoms with van der Waals surface area (Å²) in [6.07, 6.45) is -3.94. The molecule has 0 spiro atoms. The van der Waals surface area contributed by atoms with Crippen molar-refractivity contribution in [3.05, 3.63) is 0 Å². The van der Waals surface area contributed by atoms with Crippen LogP contribution in [0.4, 0.5) is 0 Å². The van der Waals surface area contributed by atoms with Crippen LogP contribution in [0.2, 0.25) is 0 Å². The van der Waals surface area contributed by atoms with Crippen molar-refractivity contribution in [1.82, 2.24) is 42.5 Å². The van der Waals surface area contributed by atoms with E-state index in [0.29, 0.717) is 6.42 Å².